The molecule has 0 bridgehead atoms. The minimum atomic E-state index is -4.88. The van der Waals surface area contributed by atoms with Gasteiger partial charge in [-0.05, 0) is 30.5 Å². The zero-order valence-corrected chi connectivity index (χ0v) is 11.4. The molecule has 1 aromatic rings. The molecule has 1 amide bonds. The largest absolute Gasteiger partial charge is 0.471 e. The van der Waals surface area contributed by atoms with Gasteiger partial charge in [0.15, 0.2) is 0 Å². The highest BCUT2D eigenvalue weighted by molar-refractivity contribution is 5.94. The molecule has 1 fully saturated rings. The molecular weight excluding hydrogens is 285 g/mol. The fourth-order valence-corrected chi connectivity index (χ4v) is 2.12. The van der Waals surface area contributed by atoms with Crippen LogP contribution in [0, 0.1) is 0 Å². The maximum absolute atomic E-state index is 12.2. The quantitative estimate of drug-likeness (QED) is 0.898. The minimum absolute atomic E-state index is 0.142. The molecule has 116 valence electrons. The molecule has 0 aromatic heterocycles. The van der Waals surface area contributed by atoms with Crippen molar-refractivity contribution in [1.29, 1.82) is 0 Å². The van der Waals surface area contributed by atoms with Crippen molar-refractivity contribution in [3.8, 4) is 0 Å². The third kappa shape index (κ3) is 5.02. The zero-order valence-electron chi connectivity index (χ0n) is 11.4. The third-order valence-electron chi connectivity index (χ3n) is 3.26. The molecule has 2 N–H and O–H groups in total. The second-order valence-electron chi connectivity index (χ2n) is 4.92. The van der Waals surface area contributed by atoms with Gasteiger partial charge in [0.2, 0.25) is 0 Å². The van der Waals surface area contributed by atoms with Gasteiger partial charge in [0.1, 0.15) is 0 Å². The van der Waals surface area contributed by atoms with Crippen LogP contribution in [0.1, 0.15) is 18.4 Å². The fourth-order valence-electron chi connectivity index (χ4n) is 2.12. The van der Waals surface area contributed by atoms with Crippen molar-refractivity contribution in [1.82, 2.24) is 5.32 Å². The van der Waals surface area contributed by atoms with Gasteiger partial charge in [-0.15, -0.1) is 0 Å². The Morgan fingerprint density at radius 1 is 1.29 bits per heavy atom. The van der Waals surface area contributed by atoms with Gasteiger partial charge in [-0.3, -0.25) is 4.79 Å². The highest BCUT2D eigenvalue weighted by Crippen LogP contribution is 2.19. The number of nitrogens with one attached hydrogen (secondary N) is 2. The highest BCUT2D eigenvalue weighted by Gasteiger charge is 2.38. The third-order valence-corrected chi connectivity index (χ3v) is 3.26. The lowest BCUT2D eigenvalue weighted by Gasteiger charge is -2.23. The number of halogens is 3. The lowest BCUT2D eigenvalue weighted by Crippen LogP contribution is -2.34. The molecule has 0 radical (unpaired) electrons. The number of amides is 1. The number of benzene rings is 1. The average molecular weight is 302 g/mol. The molecule has 1 heterocycles. The van der Waals surface area contributed by atoms with Gasteiger partial charge in [0.05, 0.1) is 0 Å². The summed E-state index contributed by atoms with van der Waals surface area (Å²) in [6.45, 7) is 1.99. The van der Waals surface area contributed by atoms with Crippen LogP contribution in [0.4, 0.5) is 18.9 Å². The van der Waals surface area contributed by atoms with Gasteiger partial charge < -0.3 is 15.4 Å². The van der Waals surface area contributed by atoms with Crippen molar-refractivity contribution in [3.63, 3.8) is 0 Å². The summed E-state index contributed by atoms with van der Waals surface area (Å²) >= 11 is 0. The molecule has 2 rings (SSSR count). The van der Waals surface area contributed by atoms with Gasteiger partial charge in [-0.25, -0.2) is 0 Å². The van der Waals surface area contributed by atoms with E-state index in [0.717, 1.165) is 31.6 Å². The van der Waals surface area contributed by atoms with E-state index in [1.165, 1.54) is 12.1 Å². The molecule has 0 spiro atoms. The Labute approximate surface area is 120 Å². The van der Waals surface area contributed by atoms with Crippen molar-refractivity contribution in [2.45, 2.75) is 31.6 Å². The van der Waals surface area contributed by atoms with E-state index in [2.05, 4.69) is 5.32 Å². The first-order valence-electron chi connectivity index (χ1n) is 6.73. The topological polar surface area (TPSA) is 50.4 Å². The number of rotatable bonds is 4. The average Bonchev–Trinajstić information content (AvgIpc) is 2.46. The SMILES string of the molecule is O=C(Nc1cccc(CNC2CCOCC2)c1)C(F)(F)F. The van der Waals surface area contributed by atoms with Gasteiger partial charge in [-0.1, -0.05) is 12.1 Å². The second-order valence-corrected chi connectivity index (χ2v) is 4.92. The van der Waals surface area contributed by atoms with E-state index in [0.29, 0.717) is 12.6 Å². The highest BCUT2D eigenvalue weighted by atomic mass is 19.4. The molecule has 0 saturated carbocycles. The predicted octanol–water partition coefficient (Wildman–Crippen LogP) is 2.46. The van der Waals surface area contributed by atoms with Crippen LogP contribution in [-0.2, 0) is 16.1 Å². The maximum atomic E-state index is 12.2. The van der Waals surface area contributed by atoms with E-state index >= 15 is 0 Å². The molecule has 0 atom stereocenters. The Hall–Kier alpha value is -1.60. The summed E-state index contributed by atoms with van der Waals surface area (Å²) in [4.78, 5) is 10.9. The molecule has 1 aliphatic rings. The monoisotopic (exact) mass is 302 g/mol. The van der Waals surface area contributed by atoms with Crippen molar-refractivity contribution in [3.05, 3.63) is 29.8 Å². The predicted molar refractivity (Wildman–Crippen MR) is 71.8 cm³/mol. The summed E-state index contributed by atoms with van der Waals surface area (Å²) in [6.07, 6.45) is -3.04. The lowest BCUT2D eigenvalue weighted by atomic mass is 10.1. The Balaban J connectivity index is 1.89. The summed E-state index contributed by atoms with van der Waals surface area (Å²) in [5.74, 6) is -1.96. The number of ether oxygens (including phenoxy) is 1. The van der Waals surface area contributed by atoms with Crippen LogP contribution >= 0.6 is 0 Å². The van der Waals surface area contributed by atoms with Gasteiger partial charge in [0, 0.05) is 31.5 Å². The van der Waals surface area contributed by atoms with E-state index in [9.17, 15) is 18.0 Å². The fraction of sp³-hybridized carbons (Fsp3) is 0.500. The number of alkyl halides is 3. The smallest absolute Gasteiger partial charge is 0.381 e. The Morgan fingerprint density at radius 3 is 2.67 bits per heavy atom. The van der Waals surface area contributed by atoms with Crippen molar-refractivity contribution in [2.75, 3.05) is 18.5 Å². The molecule has 4 nitrogen and oxygen atoms in total. The van der Waals surface area contributed by atoms with Crippen LogP contribution in [0.15, 0.2) is 24.3 Å². The van der Waals surface area contributed by atoms with E-state index in [4.69, 9.17) is 4.74 Å². The van der Waals surface area contributed by atoms with Crippen molar-refractivity contribution >= 4 is 11.6 Å². The van der Waals surface area contributed by atoms with Crippen LogP contribution in [-0.4, -0.2) is 31.3 Å². The summed E-state index contributed by atoms with van der Waals surface area (Å²) in [5, 5.41) is 5.18. The number of hydrogen-bond donors (Lipinski definition) is 2. The molecule has 1 saturated heterocycles. The minimum Gasteiger partial charge on any atom is -0.381 e. The van der Waals surface area contributed by atoms with Crippen LogP contribution in [0.25, 0.3) is 0 Å². The summed E-state index contributed by atoms with van der Waals surface area (Å²) in [7, 11) is 0. The first-order valence-corrected chi connectivity index (χ1v) is 6.73. The second kappa shape index (κ2) is 6.91. The Morgan fingerprint density at radius 2 is 2.00 bits per heavy atom. The first-order chi connectivity index (χ1) is 9.95. The first kappa shape index (κ1) is 15.8. The summed E-state index contributed by atoms with van der Waals surface area (Å²) in [6, 6.07) is 6.74. The van der Waals surface area contributed by atoms with E-state index < -0.39 is 12.1 Å². The maximum Gasteiger partial charge on any atom is 0.471 e. The van der Waals surface area contributed by atoms with E-state index in [1.807, 2.05) is 5.32 Å². The van der Waals surface area contributed by atoms with Gasteiger partial charge in [-0.2, -0.15) is 13.2 Å². The molecular formula is C14H17F3N2O2. The Kier molecular flexibility index (Phi) is 5.19. The number of anilines is 1. The standard InChI is InChI=1S/C14H17F3N2O2/c15-14(16,17)13(20)19-12-3-1-2-10(8-12)9-18-11-4-6-21-7-5-11/h1-3,8,11,18H,4-7,9H2,(H,19,20). The summed E-state index contributed by atoms with van der Waals surface area (Å²) in [5.41, 5.74) is 0.963. The van der Waals surface area contributed by atoms with Crippen molar-refractivity contribution in [2.24, 2.45) is 0 Å². The van der Waals surface area contributed by atoms with E-state index in [1.54, 1.807) is 12.1 Å². The van der Waals surface area contributed by atoms with Gasteiger partial charge >= 0.3 is 12.1 Å². The van der Waals surface area contributed by atoms with Crippen LogP contribution < -0.4 is 10.6 Å². The van der Waals surface area contributed by atoms with Crippen molar-refractivity contribution < 1.29 is 22.7 Å². The Bertz CT molecular complexity index is 485. The normalized spacial score (nSPS) is 16.7. The number of carbonyl (C=O) groups is 1. The number of carbonyl (C=O) groups excluding carboxylic acids is 1. The molecule has 0 unspecified atom stereocenters. The van der Waals surface area contributed by atoms with E-state index in [-0.39, 0.29) is 5.69 Å². The molecule has 1 aliphatic heterocycles. The zero-order chi connectivity index (χ0) is 15.3. The number of hydrogen-bond acceptors (Lipinski definition) is 3. The molecule has 7 heteroatoms. The van der Waals surface area contributed by atoms with Crippen LogP contribution in [0.5, 0.6) is 0 Å². The van der Waals surface area contributed by atoms with Crippen LogP contribution in [0.2, 0.25) is 0 Å². The lowest BCUT2D eigenvalue weighted by molar-refractivity contribution is -0.167. The van der Waals surface area contributed by atoms with Crippen LogP contribution in [0.3, 0.4) is 0 Å². The van der Waals surface area contributed by atoms with Gasteiger partial charge in [0.25, 0.3) is 0 Å². The summed E-state index contributed by atoms with van der Waals surface area (Å²) < 4.78 is 41.8. The molecule has 1 aromatic carbocycles. The molecule has 0 aliphatic carbocycles. The molecule has 21 heavy (non-hydrogen) atoms.